The van der Waals surface area contributed by atoms with Gasteiger partial charge in [0.05, 0.1) is 12.5 Å². The van der Waals surface area contributed by atoms with E-state index >= 15 is 0 Å². The van der Waals surface area contributed by atoms with Gasteiger partial charge in [0.25, 0.3) is 0 Å². The van der Waals surface area contributed by atoms with E-state index in [-0.39, 0.29) is 16.9 Å². The van der Waals surface area contributed by atoms with Gasteiger partial charge in [-0.25, -0.2) is 0 Å². The molecule has 0 aliphatic rings. The van der Waals surface area contributed by atoms with E-state index in [1.807, 2.05) is 13.0 Å². The van der Waals surface area contributed by atoms with E-state index in [2.05, 4.69) is 0 Å². The SMILES string of the molecule is CCc1ccc2oc(-c3ccc(OC)cc3)c(OC(C)=O)c(=O)c2c1. The van der Waals surface area contributed by atoms with E-state index in [1.54, 1.807) is 43.5 Å². The summed E-state index contributed by atoms with van der Waals surface area (Å²) in [5.74, 6) is 0.222. The maximum Gasteiger partial charge on any atom is 0.308 e. The second kappa shape index (κ2) is 6.81. The number of ether oxygens (including phenoxy) is 2. The van der Waals surface area contributed by atoms with Gasteiger partial charge in [0.15, 0.2) is 5.76 Å². The minimum absolute atomic E-state index is 0.0987. The Morgan fingerprint density at radius 3 is 2.44 bits per heavy atom. The van der Waals surface area contributed by atoms with Crippen LogP contribution >= 0.6 is 0 Å². The number of carbonyl (C=O) groups is 1. The predicted molar refractivity (Wildman–Crippen MR) is 95.2 cm³/mol. The van der Waals surface area contributed by atoms with Crippen molar-refractivity contribution in [2.24, 2.45) is 0 Å². The van der Waals surface area contributed by atoms with Crippen LogP contribution in [-0.2, 0) is 11.2 Å². The third-order valence-corrected chi connectivity index (χ3v) is 3.92. The molecule has 3 rings (SSSR count). The largest absolute Gasteiger partial charge is 0.497 e. The summed E-state index contributed by atoms with van der Waals surface area (Å²) in [4.78, 5) is 24.4. The Morgan fingerprint density at radius 1 is 1.12 bits per heavy atom. The van der Waals surface area contributed by atoms with Crippen LogP contribution in [0.2, 0.25) is 0 Å². The van der Waals surface area contributed by atoms with Crippen LogP contribution in [0.5, 0.6) is 11.5 Å². The zero-order chi connectivity index (χ0) is 18.0. The van der Waals surface area contributed by atoms with E-state index in [0.29, 0.717) is 22.3 Å². The fraction of sp³-hybridized carbons (Fsp3) is 0.200. The Balaban J connectivity index is 2.28. The lowest BCUT2D eigenvalue weighted by Gasteiger charge is -2.10. The molecule has 25 heavy (non-hydrogen) atoms. The van der Waals surface area contributed by atoms with Crippen molar-refractivity contribution < 1.29 is 18.7 Å². The van der Waals surface area contributed by atoms with Crippen LogP contribution in [0.15, 0.2) is 51.7 Å². The van der Waals surface area contributed by atoms with Gasteiger partial charge in [-0.15, -0.1) is 0 Å². The smallest absolute Gasteiger partial charge is 0.308 e. The van der Waals surface area contributed by atoms with Gasteiger partial charge in [-0.2, -0.15) is 0 Å². The molecule has 0 N–H and O–H groups in total. The molecule has 0 spiro atoms. The number of esters is 1. The average molecular weight is 338 g/mol. The molecule has 5 heteroatoms. The molecule has 0 saturated heterocycles. The van der Waals surface area contributed by atoms with Gasteiger partial charge in [-0.05, 0) is 48.4 Å². The standard InChI is InChI=1S/C20H18O5/c1-4-13-5-10-17-16(11-13)18(22)20(24-12(2)21)19(25-17)14-6-8-15(23-3)9-7-14/h5-11H,4H2,1-3H3. The van der Waals surface area contributed by atoms with Crippen molar-refractivity contribution in [3.05, 3.63) is 58.3 Å². The van der Waals surface area contributed by atoms with E-state index in [1.165, 1.54) is 6.92 Å². The zero-order valence-electron chi connectivity index (χ0n) is 14.3. The van der Waals surface area contributed by atoms with Crippen molar-refractivity contribution in [2.45, 2.75) is 20.3 Å². The molecule has 1 heterocycles. The highest BCUT2D eigenvalue weighted by atomic mass is 16.5. The minimum Gasteiger partial charge on any atom is -0.497 e. The molecule has 0 radical (unpaired) electrons. The first-order valence-electron chi connectivity index (χ1n) is 7.96. The number of rotatable bonds is 4. The molecule has 0 bridgehead atoms. The topological polar surface area (TPSA) is 65.7 Å². The van der Waals surface area contributed by atoms with Crippen LogP contribution in [0.4, 0.5) is 0 Å². The first-order valence-corrected chi connectivity index (χ1v) is 7.96. The summed E-state index contributed by atoms with van der Waals surface area (Å²) in [7, 11) is 1.57. The van der Waals surface area contributed by atoms with Crippen molar-refractivity contribution >= 4 is 16.9 Å². The first-order chi connectivity index (χ1) is 12.0. The van der Waals surface area contributed by atoms with Crippen molar-refractivity contribution in [1.82, 2.24) is 0 Å². The summed E-state index contributed by atoms with van der Waals surface area (Å²) < 4.78 is 16.2. The van der Waals surface area contributed by atoms with Crippen LogP contribution < -0.4 is 14.9 Å². The molecule has 5 nitrogen and oxygen atoms in total. The maximum absolute atomic E-state index is 12.9. The molecular weight excluding hydrogens is 320 g/mol. The number of aryl methyl sites for hydroxylation is 1. The van der Waals surface area contributed by atoms with Gasteiger partial charge < -0.3 is 13.9 Å². The summed E-state index contributed by atoms with van der Waals surface area (Å²) in [6, 6.07) is 12.4. The van der Waals surface area contributed by atoms with Gasteiger partial charge in [-0.3, -0.25) is 9.59 Å². The normalized spacial score (nSPS) is 10.7. The Bertz CT molecular complexity index is 983. The summed E-state index contributed by atoms with van der Waals surface area (Å²) >= 11 is 0. The Morgan fingerprint density at radius 2 is 1.84 bits per heavy atom. The van der Waals surface area contributed by atoms with E-state index < -0.39 is 5.97 Å². The van der Waals surface area contributed by atoms with Crippen molar-refractivity contribution in [3.8, 4) is 22.8 Å². The summed E-state index contributed by atoms with van der Waals surface area (Å²) in [6.07, 6.45) is 0.790. The van der Waals surface area contributed by atoms with Gasteiger partial charge in [-0.1, -0.05) is 13.0 Å². The molecule has 0 aliphatic heterocycles. The van der Waals surface area contributed by atoms with Crippen LogP contribution in [0.3, 0.4) is 0 Å². The van der Waals surface area contributed by atoms with E-state index in [0.717, 1.165) is 12.0 Å². The first kappa shape index (κ1) is 16.8. The fourth-order valence-corrected chi connectivity index (χ4v) is 2.61. The molecule has 1 aromatic heterocycles. The van der Waals surface area contributed by atoms with Crippen molar-refractivity contribution in [2.75, 3.05) is 7.11 Å². The third kappa shape index (κ3) is 3.26. The van der Waals surface area contributed by atoms with Crippen LogP contribution in [0.1, 0.15) is 19.4 Å². The van der Waals surface area contributed by atoms with Gasteiger partial charge in [0.1, 0.15) is 11.3 Å². The molecule has 128 valence electrons. The molecule has 0 amide bonds. The number of carbonyl (C=O) groups excluding carboxylic acids is 1. The lowest BCUT2D eigenvalue weighted by Crippen LogP contribution is -2.13. The monoisotopic (exact) mass is 338 g/mol. The molecule has 2 aromatic carbocycles. The van der Waals surface area contributed by atoms with E-state index in [4.69, 9.17) is 13.9 Å². The van der Waals surface area contributed by atoms with Crippen LogP contribution in [0, 0.1) is 0 Å². The highest BCUT2D eigenvalue weighted by Crippen LogP contribution is 2.32. The second-order valence-electron chi connectivity index (χ2n) is 5.60. The van der Waals surface area contributed by atoms with E-state index in [9.17, 15) is 9.59 Å². The van der Waals surface area contributed by atoms with Gasteiger partial charge in [0.2, 0.25) is 11.2 Å². The molecular formula is C20H18O5. The quantitative estimate of drug-likeness (QED) is 0.674. The lowest BCUT2D eigenvalue weighted by molar-refractivity contribution is -0.131. The molecule has 0 saturated carbocycles. The molecule has 0 atom stereocenters. The number of methoxy groups -OCH3 is 1. The Kier molecular flexibility index (Phi) is 4.57. The fourth-order valence-electron chi connectivity index (χ4n) is 2.61. The third-order valence-electron chi connectivity index (χ3n) is 3.92. The zero-order valence-corrected chi connectivity index (χ0v) is 14.3. The summed E-state index contributed by atoms with van der Waals surface area (Å²) in [5.41, 5.74) is 1.71. The average Bonchev–Trinajstić information content (AvgIpc) is 2.63. The number of benzene rings is 2. The maximum atomic E-state index is 12.9. The molecule has 0 fully saturated rings. The molecule has 0 unspecified atom stereocenters. The number of fused-ring (bicyclic) bond motifs is 1. The van der Waals surface area contributed by atoms with Crippen molar-refractivity contribution in [1.29, 1.82) is 0 Å². The van der Waals surface area contributed by atoms with Gasteiger partial charge >= 0.3 is 5.97 Å². The number of hydrogen-bond donors (Lipinski definition) is 0. The summed E-state index contributed by atoms with van der Waals surface area (Å²) in [5, 5.41) is 0.396. The Hall–Kier alpha value is -3.08. The minimum atomic E-state index is -0.576. The Labute approximate surface area is 144 Å². The highest BCUT2D eigenvalue weighted by molar-refractivity contribution is 5.84. The predicted octanol–water partition coefficient (Wildman–Crippen LogP) is 3.96. The second-order valence-corrected chi connectivity index (χ2v) is 5.60. The lowest BCUT2D eigenvalue weighted by atomic mass is 10.1. The number of hydrogen-bond acceptors (Lipinski definition) is 5. The van der Waals surface area contributed by atoms with Gasteiger partial charge in [0, 0.05) is 12.5 Å². The molecule has 0 aliphatic carbocycles. The highest BCUT2D eigenvalue weighted by Gasteiger charge is 2.19. The van der Waals surface area contributed by atoms with Crippen LogP contribution in [0.25, 0.3) is 22.3 Å². The molecule has 3 aromatic rings. The summed E-state index contributed by atoms with van der Waals surface area (Å²) in [6.45, 7) is 3.26. The van der Waals surface area contributed by atoms with Crippen LogP contribution in [-0.4, -0.2) is 13.1 Å². The van der Waals surface area contributed by atoms with Crippen molar-refractivity contribution in [3.63, 3.8) is 0 Å².